The predicted molar refractivity (Wildman–Crippen MR) is 72.2 cm³/mol. The number of ether oxygens (including phenoxy) is 1. The van der Waals surface area contributed by atoms with E-state index in [1.807, 2.05) is 18.3 Å². The van der Waals surface area contributed by atoms with Crippen molar-refractivity contribution in [3.63, 3.8) is 0 Å². The fourth-order valence-electron chi connectivity index (χ4n) is 2.70. The Morgan fingerprint density at radius 2 is 2.17 bits per heavy atom. The second kappa shape index (κ2) is 6.27. The van der Waals surface area contributed by atoms with Crippen LogP contribution >= 0.6 is 0 Å². The van der Waals surface area contributed by atoms with Crippen LogP contribution in [0.2, 0.25) is 0 Å². The summed E-state index contributed by atoms with van der Waals surface area (Å²) in [6, 6.07) is 6.06. The Labute approximate surface area is 109 Å². The lowest BCUT2D eigenvalue weighted by atomic mass is 9.87. The predicted octanol–water partition coefficient (Wildman–Crippen LogP) is 1.41. The van der Waals surface area contributed by atoms with Crippen molar-refractivity contribution in [3.05, 3.63) is 30.1 Å². The third-order valence-electron chi connectivity index (χ3n) is 3.94. The van der Waals surface area contributed by atoms with Gasteiger partial charge in [0.05, 0.1) is 5.69 Å². The Morgan fingerprint density at radius 1 is 1.39 bits per heavy atom. The largest absolute Gasteiger partial charge is 0.381 e. The molecule has 2 N–H and O–H groups in total. The lowest BCUT2D eigenvalue weighted by Crippen LogP contribution is -2.56. The van der Waals surface area contributed by atoms with Crippen molar-refractivity contribution in [1.29, 1.82) is 0 Å². The minimum atomic E-state index is 0.0878. The van der Waals surface area contributed by atoms with Crippen LogP contribution in [0.4, 0.5) is 0 Å². The molecule has 1 saturated heterocycles. The molecule has 100 valence electrons. The van der Waals surface area contributed by atoms with Crippen molar-refractivity contribution in [2.24, 2.45) is 5.73 Å². The second-order valence-corrected chi connectivity index (χ2v) is 4.88. The smallest absolute Gasteiger partial charge is 0.0544 e. The number of pyridine rings is 1. The number of nitrogens with two attached hydrogens (primary N) is 1. The number of likely N-dealkylation sites (N-methyl/N-ethyl adjacent to an activating group) is 1. The highest BCUT2D eigenvalue weighted by atomic mass is 16.5. The van der Waals surface area contributed by atoms with Crippen LogP contribution in [-0.4, -0.2) is 41.7 Å². The first-order chi connectivity index (χ1) is 8.80. The van der Waals surface area contributed by atoms with E-state index in [1.54, 1.807) is 0 Å². The zero-order valence-electron chi connectivity index (χ0n) is 11.1. The maximum Gasteiger partial charge on any atom is 0.0544 e. The minimum absolute atomic E-state index is 0.0878. The SMILES string of the molecule is CCN(Cc1ccccn1)C1(CN)CCOCC1. The molecule has 0 aromatic carbocycles. The van der Waals surface area contributed by atoms with Crippen LogP contribution in [0.25, 0.3) is 0 Å². The van der Waals surface area contributed by atoms with Crippen LogP contribution < -0.4 is 5.73 Å². The van der Waals surface area contributed by atoms with Crippen molar-refractivity contribution < 1.29 is 4.74 Å². The molecule has 1 fully saturated rings. The normalized spacial score (nSPS) is 19.1. The van der Waals surface area contributed by atoms with Crippen molar-refractivity contribution in [2.75, 3.05) is 26.3 Å². The van der Waals surface area contributed by atoms with Gasteiger partial charge in [-0.3, -0.25) is 9.88 Å². The Balaban J connectivity index is 2.11. The summed E-state index contributed by atoms with van der Waals surface area (Å²) in [5.41, 5.74) is 7.25. The number of nitrogens with zero attached hydrogens (tertiary/aromatic N) is 2. The Kier molecular flexibility index (Phi) is 4.69. The summed E-state index contributed by atoms with van der Waals surface area (Å²) in [5, 5.41) is 0. The molecule has 0 aliphatic carbocycles. The summed E-state index contributed by atoms with van der Waals surface area (Å²) >= 11 is 0. The monoisotopic (exact) mass is 249 g/mol. The van der Waals surface area contributed by atoms with Crippen LogP contribution in [0, 0.1) is 0 Å². The molecule has 18 heavy (non-hydrogen) atoms. The third kappa shape index (κ3) is 2.88. The topological polar surface area (TPSA) is 51.4 Å². The molecular weight excluding hydrogens is 226 g/mol. The number of hydrogen-bond acceptors (Lipinski definition) is 4. The molecule has 2 heterocycles. The van der Waals surface area contributed by atoms with E-state index in [0.717, 1.165) is 44.8 Å². The van der Waals surface area contributed by atoms with Gasteiger partial charge in [-0.15, -0.1) is 0 Å². The summed E-state index contributed by atoms with van der Waals surface area (Å²) < 4.78 is 5.47. The lowest BCUT2D eigenvalue weighted by Gasteiger charge is -2.45. The minimum Gasteiger partial charge on any atom is -0.381 e. The number of rotatable bonds is 5. The standard InChI is InChI=1S/C14H23N3O/c1-2-17(11-13-5-3-4-8-16-13)14(12-15)6-9-18-10-7-14/h3-5,8H,2,6-7,9-12,15H2,1H3. The van der Waals surface area contributed by atoms with Crippen LogP contribution in [0.5, 0.6) is 0 Å². The summed E-state index contributed by atoms with van der Waals surface area (Å²) in [4.78, 5) is 6.87. The Morgan fingerprint density at radius 3 is 2.72 bits per heavy atom. The van der Waals surface area contributed by atoms with Crippen molar-refractivity contribution in [2.45, 2.75) is 31.8 Å². The zero-order valence-corrected chi connectivity index (χ0v) is 11.1. The molecule has 2 rings (SSSR count). The molecule has 4 nitrogen and oxygen atoms in total. The second-order valence-electron chi connectivity index (χ2n) is 4.88. The summed E-state index contributed by atoms with van der Waals surface area (Å²) in [5.74, 6) is 0. The van der Waals surface area contributed by atoms with Crippen LogP contribution in [0.3, 0.4) is 0 Å². The van der Waals surface area contributed by atoms with Crippen molar-refractivity contribution in [3.8, 4) is 0 Å². The van der Waals surface area contributed by atoms with E-state index in [-0.39, 0.29) is 5.54 Å². The number of aromatic nitrogens is 1. The summed E-state index contributed by atoms with van der Waals surface area (Å²) in [6.07, 6.45) is 3.89. The van der Waals surface area contributed by atoms with Gasteiger partial charge in [-0.25, -0.2) is 0 Å². The summed E-state index contributed by atoms with van der Waals surface area (Å²) in [7, 11) is 0. The van der Waals surface area contributed by atoms with E-state index < -0.39 is 0 Å². The van der Waals surface area contributed by atoms with Gasteiger partial charge in [0, 0.05) is 38.0 Å². The highest BCUT2D eigenvalue weighted by Crippen LogP contribution is 2.28. The quantitative estimate of drug-likeness (QED) is 0.857. The molecule has 1 aromatic rings. The van der Waals surface area contributed by atoms with Crippen molar-refractivity contribution >= 4 is 0 Å². The van der Waals surface area contributed by atoms with Crippen molar-refractivity contribution in [1.82, 2.24) is 9.88 Å². The van der Waals surface area contributed by atoms with Gasteiger partial charge >= 0.3 is 0 Å². The molecule has 4 heteroatoms. The average Bonchev–Trinajstić information content (AvgIpc) is 2.46. The first-order valence-electron chi connectivity index (χ1n) is 6.73. The molecule has 0 amide bonds. The van der Waals surface area contributed by atoms with Gasteiger partial charge in [0.15, 0.2) is 0 Å². The van der Waals surface area contributed by atoms with Gasteiger partial charge in [0.1, 0.15) is 0 Å². The molecule has 0 atom stereocenters. The van der Waals surface area contributed by atoms with E-state index in [4.69, 9.17) is 10.5 Å². The lowest BCUT2D eigenvalue weighted by molar-refractivity contribution is -0.0265. The molecule has 1 aromatic heterocycles. The summed E-state index contributed by atoms with van der Waals surface area (Å²) in [6.45, 7) is 6.38. The van der Waals surface area contributed by atoms with E-state index in [1.165, 1.54) is 0 Å². The zero-order chi connectivity index (χ0) is 12.8. The fraction of sp³-hybridized carbons (Fsp3) is 0.643. The molecule has 0 unspecified atom stereocenters. The van der Waals surface area contributed by atoms with Crippen LogP contribution in [-0.2, 0) is 11.3 Å². The maximum atomic E-state index is 6.05. The first kappa shape index (κ1) is 13.5. The molecular formula is C14H23N3O. The van der Waals surface area contributed by atoms with E-state index in [9.17, 15) is 0 Å². The van der Waals surface area contributed by atoms with Gasteiger partial charge in [0.2, 0.25) is 0 Å². The van der Waals surface area contributed by atoms with Gasteiger partial charge in [-0.2, -0.15) is 0 Å². The van der Waals surface area contributed by atoms with Gasteiger partial charge in [0.25, 0.3) is 0 Å². The molecule has 0 spiro atoms. The average molecular weight is 249 g/mol. The molecule has 0 saturated carbocycles. The molecule has 0 bridgehead atoms. The Hall–Kier alpha value is -0.970. The molecule has 1 aliphatic heterocycles. The highest BCUT2D eigenvalue weighted by molar-refractivity contribution is 5.05. The van der Waals surface area contributed by atoms with Gasteiger partial charge in [-0.05, 0) is 31.5 Å². The van der Waals surface area contributed by atoms with Gasteiger partial charge < -0.3 is 10.5 Å². The molecule has 0 radical (unpaired) electrons. The number of hydrogen-bond donors (Lipinski definition) is 1. The van der Waals surface area contributed by atoms with Crippen LogP contribution in [0.15, 0.2) is 24.4 Å². The fourth-order valence-corrected chi connectivity index (χ4v) is 2.70. The van der Waals surface area contributed by atoms with Gasteiger partial charge in [-0.1, -0.05) is 13.0 Å². The Bertz CT molecular complexity index is 349. The first-order valence-corrected chi connectivity index (χ1v) is 6.73. The maximum absolute atomic E-state index is 6.05. The third-order valence-corrected chi connectivity index (χ3v) is 3.94. The van der Waals surface area contributed by atoms with Crippen LogP contribution in [0.1, 0.15) is 25.5 Å². The van der Waals surface area contributed by atoms with E-state index in [2.05, 4.69) is 22.9 Å². The highest BCUT2D eigenvalue weighted by Gasteiger charge is 2.36. The molecule has 1 aliphatic rings. The van der Waals surface area contributed by atoms with E-state index in [0.29, 0.717) is 6.54 Å². The van der Waals surface area contributed by atoms with E-state index >= 15 is 0 Å².